The number of nitrogens with one attached hydrogen (secondary N) is 1. The molecule has 0 saturated carbocycles. The van der Waals surface area contributed by atoms with Crippen molar-refractivity contribution in [3.8, 4) is 0 Å². The smallest absolute Gasteiger partial charge is 0.273 e. The summed E-state index contributed by atoms with van der Waals surface area (Å²) in [5, 5.41) is 13.7. The highest BCUT2D eigenvalue weighted by atomic mass is 16.6. The minimum Gasteiger partial charge on any atom is -0.349 e. The highest BCUT2D eigenvalue weighted by Gasteiger charge is 2.15. The summed E-state index contributed by atoms with van der Waals surface area (Å²) in [6, 6.07) is 13.1. The van der Waals surface area contributed by atoms with E-state index in [1.165, 1.54) is 11.0 Å². The second kappa shape index (κ2) is 8.05. The number of para-hydroxylation sites is 1. The van der Waals surface area contributed by atoms with Gasteiger partial charge in [-0.15, -0.1) is 0 Å². The van der Waals surface area contributed by atoms with Crippen molar-refractivity contribution in [1.29, 1.82) is 0 Å². The van der Waals surface area contributed by atoms with Crippen molar-refractivity contribution in [2.45, 2.75) is 12.8 Å². The SMILES string of the molecule is CN(C)C(=O)Cc1ccc(NC(=O)Cc2ccccc2[N+](=O)[O-])cc1. The molecule has 2 rings (SSSR count). The van der Waals surface area contributed by atoms with Crippen LogP contribution in [0.25, 0.3) is 0 Å². The number of rotatable bonds is 6. The van der Waals surface area contributed by atoms with Crippen LogP contribution in [-0.4, -0.2) is 35.7 Å². The minimum atomic E-state index is -0.501. The number of nitro groups is 1. The van der Waals surface area contributed by atoms with Gasteiger partial charge in [-0.1, -0.05) is 30.3 Å². The number of nitrogens with zero attached hydrogens (tertiary/aromatic N) is 2. The van der Waals surface area contributed by atoms with Crippen molar-refractivity contribution in [2.75, 3.05) is 19.4 Å². The van der Waals surface area contributed by atoms with E-state index in [0.717, 1.165) is 5.56 Å². The van der Waals surface area contributed by atoms with Crippen LogP contribution in [-0.2, 0) is 22.4 Å². The molecular formula is C18H19N3O4. The highest BCUT2D eigenvalue weighted by Crippen LogP contribution is 2.19. The van der Waals surface area contributed by atoms with Gasteiger partial charge in [-0.2, -0.15) is 0 Å². The predicted molar refractivity (Wildman–Crippen MR) is 94.3 cm³/mol. The lowest BCUT2D eigenvalue weighted by molar-refractivity contribution is -0.385. The molecule has 0 heterocycles. The van der Waals surface area contributed by atoms with Crippen molar-refractivity contribution in [3.05, 3.63) is 69.8 Å². The largest absolute Gasteiger partial charge is 0.349 e. The molecule has 0 radical (unpaired) electrons. The van der Waals surface area contributed by atoms with Crippen molar-refractivity contribution in [3.63, 3.8) is 0 Å². The Morgan fingerprint density at radius 2 is 1.68 bits per heavy atom. The van der Waals surface area contributed by atoms with E-state index in [1.54, 1.807) is 56.6 Å². The second-order valence-corrected chi connectivity index (χ2v) is 5.77. The maximum atomic E-state index is 12.1. The number of carbonyl (C=O) groups excluding carboxylic acids is 2. The van der Waals surface area contributed by atoms with Gasteiger partial charge in [-0.05, 0) is 17.7 Å². The molecule has 0 aliphatic carbocycles. The molecule has 0 aromatic heterocycles. The Kier molecular flexibility index (Phi) is 5.84. The molecule has 0 unspecified atom stereocenters. The summed E-state index contributed by atoms with van der Waals surface area (Å²) < 4.78 is 0. The molecule has 2 aromatic carbocycles. The molecule has 1 N–H and O–H groups in total. The fourth-order valence-electron chi connectivity index (χ4n) is 2.26. The molecule has 0 saturated heterocycles. The van der Waals surface area contributed by atoms with Gasteiger partial charge in [0.05, 0.1) is 17.8 Å². The van der Waals surface area contributed by atoms with Crippen LogP contribution in [0.3, 0.4) is 0 Å². The molecule has 0 aliphatic heterocycles. The summed E-state index contributed by atoms with van der Waals surface area (Å²) in [4.78, 5) is 35.8. The van der Waals surface area contributed by atoms with E-state index in [0.29, 0.717) is 11.3 Å². The van der Waals surface area contributed by atoms with Crippen LogP contribution in [0.4, 0.5) is 11.4 Å². The summed E-state index contributed by atoms with van der Waals surface area (Å²) >= 11 is 0. The Labute approximate surface area is 145 Å². The molecule has 2 aromatic rings. The lowest BCUT2D eigenvalue weighted by Crippen LogP contribution is -2.23. The monoisotopic (exact) mass is 341 g/mol. The Morgan fingerprint density at radius 3 is 2.28 bits per heavy atom. The first-order valence-electron chi connectivity index (χ1n) is 7.68. The normalized spacial score (nSPS) is 10.2. The molecule has 7 heteroatoms. The van der Waals surface area contributed by atoms with Gasteiger partial charge >= 0.3 is 0 Å². The van der Waals surface area contributed by atoms with Crippen molar-refractivity contribution >= 4 is 23.2 Å². The molecule has 25 heavy (non-hydrogen) atoms. The molecule has 0 fully saturated rings. The minimum absolute atomic E-state index is 0.00632. The van der Waals surface area contributed by atoms with Crippen LogP contribution in [0.5, 0.6) is 0 Å². The van der Waals surface area contributed by atoms with Crippen LogP contribution in [0.1, 0.15) is 11.1 Å². The van der Waals surface area contributed by atoms with Gasteiger partial charge in [0.25, 0.3) is 5.69 Å². The van der Waals surface area contributed by atoms with E-state index in [1.807, 2.05) is 0 Å². The molecule has 0 atom stereocenters. The van der Waals surface area contributed by atoms with Crippen LogP contribution >= 0.6 is 0 Å². The number of likely N-dealkylation sites (N-methyl/N-ethyl adjacent to an activating group) is 1. The lowest BCUT2D eigenvalue weighted by Gasteiger charge is -2.10. The van der Waals surface area contributed by atoms with Crippen LogP contribution in [0.2, 0.25) is 0 Å². The fourth-order valence-corrected chi connectivity index (χ4v) is 2.26. The summed E-state index contributed by atoms with van der Waals surface area (Å²) in [6.45, 7) is 0. The number of benzene rings is 2. The number of hydrogen-bond acceptors (Lipinski definition) is 4. The molecular weight excluding hydrogens is 322 g/mol. The van der Waals surface area contributed by atoms with Crippen LogP contribution in [0, 0.1) is 10.1 Å². The predicted octanol–water partition coefficient (Wildman–Crippen LogP) is 2.41. The Bertz CT molecular complexity index is 785. The third kappa shape index (κ3) is 5.13. The summed E-state index contributed by atoms with van der Waals surface area (Å²) in [5.41, 5.74) is 1.70. The molecule has 0 aliphatic rings. The van der Waals surface area contributed by atoms with Gasteiger partial charge in [-0.25, -0.2) is 0 Å². The summed E-state index contributed by atoms with van der Waals surface area (Å²) in [5.74, 6) is -0.348. The summed E-state index contributed by atoms with van der Waals surface area (Å²) in [6.07, 6.45) is 0.204. The number of nitro benzene ring substituents is 1. The number of hydrogen-bond donors (Lipinski definition) is 1. The fraction of sp³-hybridized carbons (Fsp3) is 0.222. The number of carbonyl (C=O) groups is 2. The zero-order chi connectivity index (χ0) is 18.4. The van der Waals surface area contributed by atoms with Gasteiger partial charge in [0.2, 0.25) is 11.8 Å². The van der Waals surface area contributed by atoms with E-state index >= 15 is 0 Å². The Hall–Kier alpha value is -3.22. The zero-order valence-electron chi connectivity index (χ0n) is 14.1. The van der Waals surface area contributed by atoms with E-state index in [9.17, 15) is 19.7 Å². The van der Waals surface area contributed by atoms with Gasteiger partial charge in [-0.3, -0.25) is 19.7 Å². The molecule has 130 valence electrons. The average molecular weight is 341 g/mol. The standard InChI is InChI=1S/C18H19N3O4/c1-20(2)18(23)11-13-7-9-15(10-8-13)19-17(22)12-14-5-3-4-6-16(14)21(24)25/h3-10H,11-12H2,1-2H3,(H,19,22). The maximum Gasteiger partial charge on any atom is 0.273 e. The first kappa shape index (κ1) is 18.1. The lowest BCUT2D eigenvalue weighted by atomic mass is 10.1. The number of anilines is 1. The number of amides is 2. The van der Waals surface area contributed by atoms with Crippen LogP contribution < -0.4 is 5.32 Å². The molecule has 2 amide bonds. The molecule has 0 spiro atoms. The van der Waals surface area contributed by atoms with Crippen molar-refractivity contribution < 1.29 is 14.5 Å². The highest BCUT2D eigenvalue weighted by molar-refractivity contribution is 5.92. The third-order valence-electron chi connectivity index (χ3n) is 3.63. The first-order chi connectivity index (χ1) is 11.9. The quantitative estimate of drug-likeness (QED) is 0.645. The average Bonchev–Trinajstić information content (AvgIpc) is 2.56. The maximum absolute atomic E-state index is 12.1. The van der Waals surface area contributed by atoms with Gasteiger partial charge in [0.15, 0.2) is 0 Å². The third-order valence-corrected chi connectivity index (χ3v) is 3.63. The molecule has 7 nitrogen and oxygen atoms in total. The Morgan fingerprint density at radius 1 is 1.04 bits per heavy atom. The summed E-state index contributed by atoms with van der Waals surface area (Å²) in [7, 11) is 3.39. The van der Waals surface area contributed by atoms with Crippen LogP contribution in [0.15, 0.2) is 48.5 Å². The zero-order valence-corrected chi connectivity index (χ0v) is 14.1. The van der Waals surface area contributed by atoms with E-state index < -0.39 is 4.92 Å². The van der Waals surface area contributed by atoms with Gasteiger partial charge < -0.3 is 10.2 Å². The van der Waals surface area contributed by atoms with E-state index in [4.69, 9.17) is 0 Å². The Balaban J connectivity index is 1.99. The van der Waals surface area contributed by atoms with Gasteiger partial charge in [0.1, 0.15) is 0 Å². The van der Waals surface area contributed by atoms with E-state index in [2.05, 4.69) is 5.32 Å². The van der Waals surface area contributed by atoms with Crippen molar-refractivity contribution in [1.82, 2.24) is 4.90 Å². The van der Waals surface area contributed by atoms with E-state index in [-0.39, 0.29) is 30.3 Å². The second-order valence-electron chi connectivity index (χ2n) is 5.77. The topological polar surface area (TPSA) is 92.6 Å². The molecule has 0 bridgehead atoms. The van der Waals surface area contributed by atoms with Gasteiger partial charge in [0, 0.05) is 31.4 Å². The van der Waals surface area contributed by atoms with Crippen molar-refractivity contribution in [2.24, 2.45) is 0 Å². The first-order valence-corrected chi connectivity index (χ1v) is 7.68.